The highest BCUT2D eigenvalue weighted by Gasteiger charge is 2.29. The van der Waals surface area contributed by atoms with Crippen LogP contribution in [0, 0.1) is 17.8 Å². The zero-order valence-electron chi connectivity index (χ0n) is 25.5. The second-order valence-corrected chi connectivity index (χ2v) is 11.8. The predicted molar refractivity (Wildman–Crippen MR) is 167 cm³/mol. The number of aromatic hydroxyl groups is 2. The Morgan fingerprint density at radius 2 is 1.44 bits per heavy atom. The number of nitrogens with one attached hydrogen (secondary N) is 2. The van der Waals surface area contributed by atoms with Crippen LogP contribution in [0.4, 0.5) is 0 Å². The van der Waals surface area contributed by atoms with Gasteiger partial charge in [-0.15, -0.1) is 0 Å². The molecule has 4 rings (SSSR count). The lowest BCUT2D eigenvalue weighted by Crippen LogP contribution is -2.31. The molecular weight excluding hydrogens is 544 g/mol. The van der Waals surface area contributed by atoms with Gasteiger partial charge in [-0.3, -0.25) is 4.79 Å². The number of ether oxygens (including phenoxy) is 2. The number of phenols is 2. The van der Waals surface area contributed by atoms with Gasteiger partial charge in [0.05, 0.1) is 20.3 Å². The lowest BCUT2D eigenvalue weighted by Gasteiger charge is -2.26. The Morgan fingerprint density at radius 1 is 0.791 bits per heavy atom. The molecule has 0 radical (unpaired) electrons. The lowest BCUT2D eigenvalue weighted by atomic mass is 9.81. The first-order valence-electron chi connectivity index (χ1n) is 14.9. The molecule has 0 bridgehead atoms. The number of Topliss-reactive ketones (excluding diaryl/α,β-unsaturated/α-hetero) is 1. The van der Waals surface area contributed by atoms with Crippen molar-refractivity contribution in [3.63, 3.8) is 0 Å². The molecule has 8 nitrogen and oxygen atoms in total. The number of carbonyl (C=O) groups excluding carboxylic acids is 1. The molecule has 4 aromatic rings. The second-order valence-electron chi connectivity index (χ2n) is 11.8. The molecule has 0 unspecified atom stereocenters. The van der Waals surface area contributed by atoms with Crippen LogP contribution in [-0.4, -0.2) is 51.4 Å². The highest BCUT2D eigenvalue weighted by atomic mass is 16.5. The SMILES string of the molecule is COc1cc(C[C@@H](Cc2cc[nH]c2)C(=O)C[C@@H](O)[C@H](Cc2cc[nH]c2)Cc2ccc(O)c(OC)c2CC(C)C)ccc1O. The first kappa shape index (κ1) is 31.8. The number of H-pyrrole nitrogens is 2. The van der Waals surface area contributed by atoms with Crippen LogP contribution >= 0.6 is 0 Å². The third kappa shape index (κ3) is 8.45. The Balaban J connectivity index is 1.60. The minimum atomic E-state index is -0.892. The van der Waals surface area contributed by atoms with Gasteiger partial charge in [-0.05, 0) is 96.5 Å². The average Bonchev–Trinajstić information content (AvgIpc) is 3.69. The first-order chi connectivity index (χ1) is 20.7. The number of rotatable bonds is 16. The summed E-state index contributed by atoms with van der Waals surface area (Å²) >= 11 is 0. The van der Waals surface area contributed by atoms with E-state index in [1.807, 2.05) is 43.0 Å². The molecule has 0 amide bonds. The van der Waals surface area contributed by atoms with Crippen molar-refractivity contribution in [3.05, 3.63) is 95.1 Å². The van der Waals surface area contributed by atoms with Gasteiger partial charge in [-0.2, -0.15) is 0 Å². The molecule has 2 aromatic heterocycles. The van der Waals surface area contributed by atoms with Crippen molar-refractivity contribution in [1.82, 2.24) is 9.97 Å². The van der Waals surface area contributed by atoms with Crippen LogP contribution in [0.5, 0.6) is 23.0 Å². The van der Waals surface area contributed by atoms with E-state index in [2.05, 4.69) is 23.8 Å². The molecule has 8 heteroatoms. The minimum absolute atomic E-state index is 0.00807. The number of hydrogen-bond acceptors (Lipinski definition) is 6. The van der Waals surface area contributed by atoms with Crippen molar-refractivity contribution < 1.29 is 29.6 Å². The van der Waals surface area contributed by atoms with Gasteiger partial charge in [0.1, 0.15) is 5.78 Å². The maximum absolute atomic E-state index is 13.9. The Bertz CT molecular complexity index is 1450. The standard InChI is InChI=1S/C35H44N2O6/c1-22(2)13-29-26(6-8-31(39)35(29)43-4)18-28(16-25-10-12-37-21-25)33(41)19-32(40)27(15-24-9-11-36-20-24)14-23-5-7-30(38)34(17-23)42-3/h5-12,17,20-22,27-28,33,36-39,41H,13-16,18-19H2,1-4H3/t27-,28+,33+/m0/s1. The fourth-order valence-corrected chi connectivity index (χ4v) is 5.86. The highest BCUT2D eigenvalue weighted by Crippen LogP contribution is 2.36. The zero-order chi connectivity index (χ0) is 30.9. The number of methoxy groups -OCH3 is 2. The molecule has 0 saturated heterocycles. The second kappa shape index (κ2) is 14.8. The number of ketones is 1. The van der Waals surface area contributed by atoms with E-state index in [1.54, 1.807) is 31.4 Å². The highest BCUT2D eigenvalue weighted by molar-refractivity contribution is 5.82. The summed E-state index contributed by atoms with van der Waals surface area (Å²) in [4.78, 5) is 20.1. The predicted octanol–water partition coefficient (Wildman–Crippen LogP) is 5.79. The lowest BCUT2D eigenvalue weighted by molar-refractivity contribution is -0.125. The molecule has 5 N–H and O–H groups in total. The number of phenolic OH excluding ortho intramolecular Hbond substituents is 2. The van der Waals surface area contributed by atoms with Crippen molar-refractivity contribution in [2.24, 2.45) is 17.8 Å². The Morgan fingerprint density at radius 3 is 2.05 bits per heavy atom. The number of aliphatic hydroxyl groups excluding tert-OH is 1. The molecule has 230 valence electrons. The number of carbonyl (C=O) groups is 1. The molecule has 0 aliphatic carbocycles. The van der Waals surface area contributed by atoms with Crippen LogP contribution in [0.25, 0.3) is 0 Å². The van der Waals surface area contributed by atoms with Crippen molar-refractivity contribution in [1.29, 1.82) is 0 Å². The van der Waals surface area contributed by atoms with E-state index in [-0.39, 0.29) is 35.5 Å². The summed E-state index contributed by atoms with van der Waals surface area (Å²) in [7, 11) is 3.06. The maximum Gasteiger partial charge on any atom is 0.163 e. The van der Waals surface area contributed by atoms with Gasteiger partial charge in [-0.1, -0.05) is 26.0 Å². The van der Waals surface area contributed by atoms with Crippen LogP contribution in [0.15, 0.2) is 67.3 Å². The van der Waals surface area contributed by atoms with Crippen LogP contribution in [0.3, 0.4) is 0 Å². The molecule has 2 aromatic carbocycles. The van der Waals surface area contributed by atoms with E-state index in [1.165, 1.54) is 7.11 Å². The monoisotopic (exact) mass is 588 g/mol. The molecule has 0 saturated carbocycles. The van der Waals surface area contributed by atoms with Gasteiger partial charge >= 0.3 is 0 Å². The fourth-order valence-electron chi connectivity index (χ4n) is 5.86. The summed E-state index contributed by atoms with van der Waals surface area (Å²) in [5.74, 6) is 0.650. The average molecular weight is 589 g/mol. The van der Waals surface area contributed by atoms with E-state index in [4.69, 9.17) is 9.47 Å². The zero-order valence-corrected chi connectivity index (χ0v) is 25.5. The molecule has 43 heavy (non-hydrogen) atoms. The number of aliphatic hydroxyl groups is 1. The normalized spacial score (nSPS) is 13.5. The van der Waals surface area contributed by atoms with E-state index in [0.29, 0.717) is 49.5 Å². The largest absolute Gasteiger partial charge is 0.504 e. The van der Waals surface area contributed by atoms with Crippen molar-refractivity contribution in [2.45, 2.75) is 58.5 Å². The number of aromatic amines is 2. The van der Waals surface area contributed by atoms with E-state index in [9.17, 15) is 20.1 Å². The fraction of sp³-hybridized carbons (Fsp3) is 0.400. The van der Waals surface area contributed by atoms with Crippen LogP contribution in [0.1, 0.15) is 48.1 Å². The van der Waals surface area contributed by atoms with E-state index < -0.39 is 6.10 Å². The number of aromatic nitrogens is 2. The molecule has 3 atom stereocenters. The molecule has 0 aliphatic heterocycles. The van der Waals surface area contributed by atoms with Gasteiger partial charge in [-0.25, -0.2) is 0 Å². The topological polar surface area (TPSA) is 128 Å². The van der Waals surface area contributed by atoms with E-state index >= 15 is 0 Å². The number of benzene rings is 2. The van der Waals surface area contributed by atoms with Gasteiger partial charge in [0.25, 0.3) is 0 Å². The van der Waals surface area contributed by atoms with Gasteiger partial charge in [0.2, 0.25) is 0 Å². The summed E-state index contributed by atoms with van der Waals surface area (Å²) in [5, 5.41) is 32.2. The molecule has 0 fully saturated rings. The quantitative estimate of drug-likeness (QED) is 0.113. The summed E-state index contributed by atoms with van der Waals surface area (Å²) in [6.45, 7) is 4.23. The Kier molecular flexibility index (Phi) is 11.0. The van der Waals surface area contributed by atoms with E-state index in [0.717, 1.165) is 27.8 Å². The van der Waals surface area contributed by atoms with Gasteiger partial charge in [0.15, 0.2) is 23.0 Å². The van der Waals surface area contributed by atoms with Gasteiger partial charge < -0.3 is 34.8 Å². The molecular formula is C35H44N2O6. The van der Waals surface area contributed by atoms with Crippen LogP contribution in [0.2, 0.25) is 0 Å². The summed E-state index contributed by atoms with van der Waals surface area (Å²) in [6.07, 6.45) is 9.41. The molecule has 2 heterocycles. The van der Waals surface area contributed by atoms with Crippen molar-refractivity contribution >= 4 is 5.78 Å². The molecule has 0 aliphatic rings. The first-order valence-corrected chi connectivity index (χ1v) is 14.9. The van der Waals surface area contributed by atoms with Crippen LogP contribution < -0.4 is 9.47 Å². The summed E-state index contributed by atoms with van der Waals surface area (Å²) in [5.41, 5.74) is 4.86. The Labute approximate surface area is 253 Å². The Hall–Kier alpha value is -4.17. The van der Waals surface area contributed by atoms with Crippen molar-refractivity contribution in [2.75, 3.05) is 14.2 Å². The number of hydrogen-bond donors (Lipinski definition) is 5. The third-order valence-electron chi connectivity index (χ3n) is 8.08. The summed E-state index contributed by atoms with van der Waals surface area (Å²) in [6, 6.07) is 12.6. The summed E-state index contributed by atoms with van der Waals surface area (Å²) < 4.78 is 10.9. The van der Waals surface area contributed by atoms with Crippen molar-refractivity contribution in [3.8, 4) is 23.0 Å². The smallest absolute Gasteiger partial charge is 0.163 e. The minimum Gasteiger partial charge on any atom is -0.504 e. The third-order valence-corrected chi connectivity index (χ3v) is 8.08. The van der Waals surface area contributed by atoms with Crippen LogP contribution in [-0.2, 0) is 36.9 Å². The maximum atomic E-state index is 13.9. The molecule has 0 spiro atoms. The van der Waals surface area contributed by atoms with Gasteiger partial charge in [0, 0.05) is 42.7 Å².